The number of benzene rings is 1. The number of hydrogen-bond donors (Lipinski definition) is 1. The van der Waals surface area contributed by atoms with E-state index in [1.54, 1.807) is 4.57 Å². The third kappa shape index (κ3) is 2.42. The van der Waals surface area contributed by atoms with Crippen molar-refractivity contribution in [2.75, 3.05) is 14.1 Å². The SMILES string of the molecule is CN(C)C(C)(C)Cn1c(=S)[nH]c2ccc(F)c(F)c21. The Hall–Kier alpha value is -1.27. The van der Waals surface area contributed by atoms with Crippen LogP contribution in [0.25, 0.3) is 11.0 Å². The molecule has 0 spiro atoms. The Kier molecular flexibility index (Phi) is 3.49. The Balaban J connectivity index is 2.64. The van der Waals surface area contributed by atoms with Gasteiger partial charge in [-0.2, -0.15) is 0 Å². The molecule has 0 aliphatic heterocycles. The summed E-state index contributed by atoms with van der Waals surface area (Å²) < 4.78 is 29.4. The Morgan fingerprint density at radius 1 is 1.32 bits per heavy atom. The third-order valence-corrected chi connectivity index (χ3v) is 3.90. The van der Waals surface area contributed by atoms with Crippen molar-refractivity contribution in [3.05, 3.63) is 28.5 Å². The van der Waals surface area contributed by atoms with Crippen LogP contribution >= 0.6 is 12.2 Å². The van der Waals surface area contributed by atoms with Gasteiger partial charge in [0, 0.05) is 12.1 Å². The fraction of sp³-hybridized carbons (Fsp3) is 0.462. The number of fused-ring (bicyclic) bond motifs is 1. The van der Waals surface area contributed by atoms with Crippen molar-refractivity contribution in [1.82, 2.24) is 14.5 Å². The molecule has 1 aromatic carbocycles. The summed E-state index contributed by atoms with van der Waals surface area (Å²) >= 11 is 5.21. The molecule has 0 aliphatic carbocycles. The maximum atomic E-state index is 14.0. The fourth-order valence-corrected chi connectivity index (χ4v) is 2.13. The molecule has 0 fully saturated rings. The lowest BCUT2D eigenvalue weighted by Gasteiger charge is -2.33. The fourth-order valence-electron chi connectivity index (χ4n) is 1.87. The van der Waals surface area contributed by atoms with Gasteiger partial charge in [-0.1, -0.05) is 0 Å². The largest absolute Gasteiger partial charge is 0.330 e. The first-order chi connectivity index (χ1) is 8.74. The number of hydrogen-bond acceptors (Lipinski definition) is 2. The van der Waals surface area contributed by atoms with E-state index in [-0.39, 0.29) is 11.1 Å². The zero-order valence-electron chi connectivity index (χ0n) is 11.4. The molecule has 0 saturated carbocycles. The maximum absolute atomic E-state index is 14.0. The van der Waals surface area contributed by atoms with Gasteiger partial charge in [0.15, 0.2) is 16.4 Å². The molecule has 0 amide bonds. The molecule has 6 heteroatoms. The Morgan fingerprint density at radius 3 is 2.53 bits per heavy atom. The van der Waals surface area contributed by atoms with Gasteiger partial charge in [-0.25, -0.2) is 8.78 Å². The second-order valence-corrected chi connectivity index (χ2v) is 5.87. The number of rotatable bonds is 3. The normalized spacial score (nSPS) is 12.6. The van der Waals surface area contributed by atoms with Gasteiger partial charge < -0.3 is 14.5 Å². The van der Waals surface area contributed by atoms with E-state index in [1.165, 1.54) is 6.07 Å². The molecular weight excluding hydrogens is 268 g/mol. The van der Waals surface area contributed by atoms with Gasteiger partial charge in [0.25, 0.3) is 0 Å². The lowest BCUT2D eigenvalue weighted by Crippen LogP contribution is -2.42. The zero-order valence-corrected chi connectivity index (χ0v) is 12.2. The number of imidazole rings is 1. The Bertz CT molecular complexity index is 670. The number of likely N-dealkylation sites (N-methyl/N-ethyl adjacent to an activating group) is 1. The Labute approximate surface area is 115 Å². The standard InChI is InChI=1S/C13H17F2N3S/c1-13(2,17(3)4)7-18-11-9(16-12(18)19)6-5-8(14)10(11)15/h5-6H,7H2,1-4H3,(H,16,19). The molecule has 2 rings (SSSR count). The first-order valence-electron chi connectivity index (χ1n) is 5.98. The molecule has 3 nitrogen and oxygen atoms in total. The van der Waals surface area contributed by atoms with Crippen LogP contribution in [0.3, 0.4) is 0 Å². The van der Waals surface area contributed by atoms with Crippen LogP contribution in [0, 0.1) is 16.4 Å². The molecule has 0 saturated heterocycles. The van der Waals surface area contributed by atoms with Gasteiger partial charge in [-0.15, -0.1) is 0 Å². The van der Waals surface area contributed by atoms with Crippen molar-refractivity contribution >= 4 is 23.3 Å². The van der Waals surface area contributed by atoms with E-state index in [9.17, 15) is 8.78 Å². The lowest BCUT2D eigenvalue weighted by atomic mass is 10.0. The van der Waals surface area contributed by atoms with E-state index >= 15 is 0 Å². The molecule has 19 heavy (non-hydrogen) atoms. The van der Waals surface area contributed by atoms with Crippen LogP contribution in [-0.2, 0) is 6.54 Å². The predicted molar refractivity (Wildman–Crippen MR) is 74.8 cm³/mol. The average molecular weight is 285 g/mol. The average Bonchev–Trinajstić information content (AvgIpc) is 2.61. The lowest BCUT2D eigenvalue weighted by molar-refractivity contribution is 0.170. The van der Waals surface area contributed by atoms with Gasteiger partial charge in [-0.3, -0.25) is 0 Å². The summed E-state index contributed by atoms with van der Waals surface area (Å²) in [5.74, 6) is -1.72. The topological polar surface area (TPSA) is 24.0 Å². The number of aromatic amines is 1. The van der Waals surface area contributed by atoms with E-state index in [0.29, 0.717) is 16.8 Å². The first kappa shape index (κ1) is 14.1. The van der Waals surface area contributed by atoms with Crippen LogP contribution in [0.4, 0.5) is 8.78 Å². The van der Waals surface area contributed by atoms with E-state index in [2.05, 4.69) is 4.98 Å². The summed E-state index contributed by atoms with van der Waals surface area (Å²) in [6, 6.07) is 2.60. The van der Waals surface area contributed by atoms with Crippen LogP contribution in [0.2, 0.25) is 0 Å². The van der Waals surface area contributed by atoms with Crippen LogP contribution < -0.4 is 0 Å². The molecule has 0 unspecified atom stereocenters. The van der Waals surface area contributed by atoms with Crippen molar-refractivity contribution < 1.29 is 8.78 Å². The van der Waals surface area contributed by atoms with Gasteiger partial charge in [0.05, 0.1) is 5.52 Å². The third-order valence-electron chi connectivity index (χ3n) is 3.58. The maximum Gasteiger partial charge on any atom is 0.184 e. The van der Waals surface area contributed by atoms with Crippen molar-refractivity contribution in [2.45, 2.75) is 25.9 Å². The number of nitrogens with one attached hydrogen (secondary N) is 1. The van der Waals surface area contributed by atoms with Crippen LogP contribution in [0.15, 0.2) is 12.1 Å². The van der Waals surface area contributed by atoms with E-state index in [4.69, 9.17) is 12.2 Å². The summed E-state index contributed by atoms with van der Waals surface area (Å²) in [5, 5.41) is 0. The van der Waals surface area contributed by atoms with Gasteiger partial charge in [0.2, 0.25) is 0 Å². The molecule has 0 atom stereocenters. The zero-order chi connectivity index (χ0) is 14.4. The highest BCUT2D eigenvalue weighted by Gasteiger charge is 2.24. The molecule has 104 valence electrons. The number of H-pyrrole nitrogens is 1. The summed E-state index contributed by atoms with van der Waals surface area (Å²) in [7, 11) is 3.88. The van der Waals surface area contributed by atoms with Crippen LogP contribution in [0.5, 0.6) is 0 Å². The van der Waals surface area contributed by atoms with Gasteiger partial charge in [-0.05, 0) is 52.3 Å². The molecule has 2 aromatic rings. The van der Waals surface area contributed by atoms with E-state index < -0.39 is 11.6 Å². The first-order valence-corrected chi connectivity index (χ1v) is 6.39. The van der Waals surface area contributed by atoms with Crippen molar-refractivity contribution in [3.63, 3.8) is 0 Å². The van der Waals surface area contributed by atoms with Crippen molar-refractivity contribution in [2.24, 2.45) is 0 Å². The second-order valence-electron chi connectivity index (χ2n) is 5.48. The summed E-state index contributed by atoms with van der Waals surface area (Å²) in [4.78, 5) is 4.93. The molecule has 0 aliphatic rings. The minimum absolute atomic E-state index is 0.194. The highest BCUT2D eigenvalue weighted by Crippen LogP contribution is 2.23. The minimum atomic E-state index is -0.863. The van der Waals surface area contributed by atoms with E-state index in [0.717, 1.165) is 6.07 Å². The van der Waals surface area contributed by atoms with Crippen LogP contribution in [-0.4, -0.2) is 34.1 Å². The smallest absolute Gasteiger partial charge is 0.184 e. The summed E-state index contributed by atoms with van der Waals surface area (Å²) in [6.07, 6.45) is 0. The summed E-state index contributed by atoms with van der Waals surface area (Å²) in [6.45, 7) is 4.51. The monoisotopic (exact) mass is 285 g/mol. The van der Waals surface area contributed by atoms with E-state index in [1.807, 2.05) is 32.8 Å². The van der Waals surface area contributed by atoms with Crippen LogP contribution in [0.1, 0.15) is 13.8 Å². The highest BCUT2D eigenvalue weighted by atomic mass is 32.1. The molecule has 1 heterocycles. The second kappa shape index (κ2) is 4.68. The quantitative estimate of drug-likeness (QED) is 0.875. The predicted octanol–water partition coefficient (Wildman–Crippen LogP) is 3.32. The summed E-state index contributed by atoms with van der Waals surface area (Å²) in [5.41, 5.74) is 0.477. The number of aromatic nitrogens is 2. The molecule has 0 bridgehead atoms. The van der Waals surface area contributed by atoms with Gasteiger partial charge >= 0.3 is 0 Å². The molecule has 0 radical (unpaired) electrons. The minimum Gasteiger partial charge on any atom is -0.330 e. The molecule has 1 aromatic heterocycles. The van der Waals surface area contributed by atoms with Crippen molar-refractivity contribution in [3.8, 4) is 0 Å². The van der Waals surface area contributed by atoms with Crippen molar-refractivity contribution in [1.29, 1.82) is 0 Å². The molecule has 1 N–H and O–H groups in total. The highest BCUT2D eigenvalue weighted by molar-refractivity contribution is 7.71. The number of nitrogens with zero attached hydrogens (tertiary/aromatic N) is 2. The van der Waals surface area contributed by atoms with Gasteiger partial charge in [0.1, 0.15) is 5.52 Å². The Morgan fingerprint density at radius 2 is 1.95 bits per heavy atom. The number of halogens is 2. The molecular formula is C13H17F2N3S.